The first-order valence-corrected chi connectivity index (χ1v) is 21.1. The SMILES string of the molecule is COC(=O)N[C@H](C(=O)N1CCC[C@H]1c1ncc(-c2ccc(-c3ccc4cc(-c5cnc([C@@H]6CCCN6C(=O)[C@H](NC6OC6OC)c6ccccc6)[nH]5)cnc4c3)nc2)[nH]1)C(C)C. The summed E-state index contributed by atoms with van der Waals surface area (Å²) < 4.78 is 15.6. The molecule has 4 aromatic heterocycles. The van der Waals surface area contributed by atoms with Crippen LogP contribution in [-0.2, 0) is 23.8 Å². The zero-order valence-corrected chi connectivity index (χ0v) is 35.1. The van der Waals surface area contributed by atoms with Crippen molar-refractivity contribution in [2.24, 2.45) is 5.92 Å². The molecule has 6 atom stereocenters. The number of likely N-dealkylation sites (tertiary alicyclic amines) is 2. The van der Waals surface area contributed by atoms with Crippen molar-refractivity contribution in [3.05, 3.63) is 109 Å². The highest BCUT2D eigenvalue weighted by molar-refractivity contribution is 5.88. The standard InChI is InChI=1S/C46H50N10O6/c1-26(2)38(54-46(59)61-4)43(57)55-18-8-12-36(55)40-49-24-34(51-40)30-16-17-32(47-22-30)29-15-14-28-20-31(23-48-33(28)21-29)35-25-50-41(52-35)37-13-9-19-56(37)44(58)39(27-10-6-5-7-11-27)53-42-45(60-3)62-42/h5-7,10-11,14-17,20-26,36-39,42,45,53H,8-9,12-13,18-19H2,1-4H3,(H,49,51)(H,50,52)(H,54,59)/t36-,37-,38-,39+,42?,45?/m0/s1. The van der Waals surface area contributed by atoms with Gasteiger partial charge in [-0.05, 0) is 61.4 Å². The Morgan fingerprint density at radius 1 is 0.758 bits per heavy atom. The molecule has 0 saturated carbocycles. The van der Waals surface area contributed by atoms with E-state index in [4.69, 9.17) is 29.2 Å². The van der Waals surface area contributed by atoms with Crippen LogP contribution in [0.15, 0.2) is 91.5 Å². The number of pyridine rings is 2. The summed E-state index contributed by atoms with van der Waals surface area (Å²) in [5, 5.41) is 7.01. The number of alkyl carbamates (subject to hydrolysis) is 1. The van der Waals surface area contributed by atoms with Gasteiger partial charge in [0.25, 0.3) is 0 Å². The largest absolute Gasteiger partial charge is 0.453 e. The monoisotopic (exact) mass is 838 g/mol. The minimum atomic E-state index is -0.699. The van der Waals surface area contributed by atoms with Gasteiger partial charge in [0.05, 0.1) is 54.2 Å². The van der Waals surface area contributed by atoms with Crippen molar-refractivity contribution >= 4 is 28.8 Å². The second-order valence-electron chi connectivity index (χ2n) is 16.3. The molecular formula is C46H50N10O6. The number of benzene rings is 2. The van der Waals surface area contributed by atoms with Crippen molar-refractivity contribution in [1.82, 2.24) is 50.3 Å². The van der Waals surface area contributed by atoms with Gasteiger partial charge in [-0.2, -0.15) is 0 Å². The predicted octanol–water partition coefficient (Wildman–Crippen LogP) is 6.44. The van der Waals surface area contributed by atoms with E-state index in [1.54, 1.807) is 18.2 Å². The first kappa shape index (κ1) is 40.9. The summed E-state index contributed by atoms with van der Waals surface area (Å²) in [6, 6.07) is 20.2. The first-order chi connectivity index (χ1) is 30.2. The molecule has 0 spiro atoms. The lowest BCUT2D eigenvalue weighted by molar-refractivity contribution is -0.136. The molecule has 16 nitrogen and oxygen atoms in total. The minimum Gasteiger partial charge on any atom is -0.453 e. The summed E-state index contributed by atoms with van der Waals surface area (Å²) in [6.07, 6.45) is 9.16. The molecule has 3 saturated heterocycles. The number of aromatic amines is 2. The van der Waals surface area contributed by atoms with Crippen LogP contribution >= 0.6 is 0 Å². The van der Waals surface area contributed by atoms with Crippen LogP contribution in [0.2, 0.25) is 0 Å². The number of epoxide rings is 1. The number of nitrogens with zero attached hydrogens (tertiary/aromatic N) is 6. The van der Waals surface area contributed by atoms with Crippen molar-refractivity contribution in [2.75, 3.05) is 27.3 Å². The predicted molar refractivity (Wildman–Crippen MR) is 230 cm³/mol. The van der Waals surface area contributed by atoms with Crippen LogP contribution in [0, 0.1) is 5.92 Å². The van der Waals surface area contributed by atoms with Gasteiger partial charge in [-0.3, -0.25) is 24.9 Å². The number of rotatable bonds is 13. The Hall–Kier alpha value is -6.49. The number of carbonyl (C=O) groups excluding carboxylic acids is 3. The topological polar surface area (TPSA) is 196 Å². The molecule has 0 radical (unpaired) electrons. The number of methoxy groups -OCH3 is 2. The van der Waals surface area contributed by atoms with Gasteiger partial charge in [0.15, 0.2) is 12.5 Å². The molecule has 7 heterocycles. The van der Waals surface area contributed by atoms with Crippen LogP contribution in [-0.4, -0.2) is 103 Å². The number of fused-ring (bicyclic) bond motifs is 1. The number of nitrogens with one attached hydrogen (secondary N) is 4. The number of hydrogen-bond donors (Lipinski definition) is 4. The molecular weight excluding hydrogens is 789 g/mol. The highest BCUT2D eigenvalue weighted by Gasteiger charge is 2.44. The van der Waals surface area contributed by atoms with E-state index < -0.39 is 18.2 Å². The summed E-state index contributed by atoms with van der Waals surface area (Å²) in [7, 11) is 2.88. The lowest BCUT2D eigenvalue weighted by Gasteiger charge is -2.30. The normalized spacial score (nSPS) is 20.7. The van der Waals surface area contributed by atoms with E-state index in [0.29, 0.717) is 18.9 Å². The smallest absolute Gasteiger partial charge is 0.407 e. The summed E-state index contributed by atoms with van der Waals surface area (Å²) in [6.45, 7) is 5.01. The van der Waals surface area contributed by atoms with Crippen molar-refractivity contribution < 1.29 is 28.6 Å². The van der Waals surface area contributed by atoms with Crippen LogP contribution in [0.25, 0.3) is 44.7 Å². The summed E-state index contributed by atoms with van der Waals surface area (Å²) >= 11 is 0. The molecule has 0 bridgehead atoms. The highest BCUT2D eigenvalue weighted by atomic mass is 16.8. The summed E-state index contributed by atoms with van der Waals surface area (Å²) in [5.41, 5.74) is 6.81. The van der Waals surface area contributed by atoms with Gasteiger partial charge in [0.1, 0.15) is 23.7 Å². The maximum atomic E-state index is 14.1. The Morgan fingerprint density at radius 2 is 1.42 bits per heavy atom. The number of H-pyrrole nitrogens is 2. The number of carbonyl (C=O) groups is 3. The van der Waals surface area contributed by atoms with Crippen LogP contribution < -0.4 is 10.6 Å². The van der Waals surface area contributed by atoms with E-state index in [1.807, 2.05) is 98.0 Å². The molecule has 320 valence electrons. The van der Waals surface area contributed by atoms with Crippen LogP contribution in [0.4, 0.5) is 4.79 Å². The van der Waals surface area contributed by atoms with E-state index in [0.717, 1.165) is 81.7 Å². The van der Waals surface area contributed by atoms with E-state index in [9.17, 15) is 14.4 Å². The molecule has 3 fully saturated rings. The van der Waals surface area contributed by atoms with Gasteiger partial charge in [0.2, 0.25) is 11.8 Å². The molecule has 9 rings (SSSR count). The fourth-order valence-corrected chi connectivity index (χ4v) is 8.65. The van der Waals surface area contributed by atoms with E-state index in [2.05, 4.69) is 31.7 Å². The zero-order valence-electron chi connectivity index (χ0n) is 35.1. The zero-order chi connectivity index (χ0) is 42.9. The number of amides is 3. The average molecular weight is 839 g/mol. The van der Waals surface area contributed by atoms with Gasteiger partial charge in [0, 0.05) is 54.7 Å². The molecule has 4 N–H and O–H groups in total. The minimum absolute atomic E-state index is 0.0291. The third-order valence-electron chi connectivity index (χ3n) is 12.0. The Kier molecular flexibility index (Phi) is 11.5. The Labute approximate surface area is 358 Å². The molecule has 2 unspecified atom stereocenters. The second kappa shape index (κ2) is 17.5. The third-order valence-corrected chi connectivity index (χ3v) is 12.0. The number of ether oxygens (including phenoxy) is 3. The second-order valence-corrected chi connectivity index (χ2v) is 16.3. The third kappa shape index (κ3) is 8.28. The fraction of sp³-hybridized carbons (Fsp3) is 0.370. The van der Waals surface area contributed by atoms with Crippen molar-refractivity contribution in [2.45, 2.75) is 76.2 Å². The van der Waals surface area contributed by atoms with Gasteiger partial charge in [-0.25, -0.2) is 14.8 Å². The van der Waals surface area contributed by atoms with Gasteiger partial charge in [-0.1, -0.05) is 56.3 Å². The van der Waals surface area contributed by atoms with Crippen molar-refractivity contribution in [3.63, 3.8) is 0 Å². The maximum Gasteiger partial charge on any atom is 0.407 e. The number of imidazole rings is 2. The van der Waals surface area contributed by atoms with E-state index >= 15 is 0 Å². The molecule has 16 heteroatoms. The van der Waals surface area contributed by atoms with Crippen molar-refractivity contribution in [1.29, 1.82) is 0 Å². The van der Waals surface area contributed by atoms with Gasteiger partial charge in [-0.15, -0.1) is 0 Å². The van der Waals surface area contributed by atoms with Gasteiger partial charge < -0.3 is 39.3 Å². The molecule has 3 aliphatic rings. The molecule has 2 aromatic carbocycles. The average Bonchev–Trinajstić information content (AvgIpc) is 3.91. The van der Waals surface area contributed by atoms with Crippen molar-refractivity contribution in [3.8, 4) is 33.8 Å². The number of hydrogen-bond acceptors (Lipinski definition) is 11. The van der Waals surface area contributed by atoms with Crippen LogP contribution in [0.1, 0.15) is 74.9 Å². The molecule has 6 aromatic rings. The lowest BCUT2D eigenvalue weighted by Crippen LogP contribution is -2.51. The number of aromatic nitrogens is 6. The summed E-state index contributed by atoms with van der Waals surface area (Å²) in [5.74, 6) is 1.15. The quantitative estimate of drug-likeness (QED) is 0.0935. The Morgan fingerprint density at radius 3 is 2.05 bits per heavy atom. The van der Waals surface area contributed by atoms with E-state index in [-0.39, 0.29) is 42.3 Å². The molecule has 3 aliphatic heterocycles. The Bertz CT molecular complexity index is 2560. The van der Waals surface area contributed by atoms with Crippen LogP contribution in [0.3, 0.4) is 0 Å². The summed E-state index contributed by atoms with van der Waals surface area (Å²) in [4.78, 5) is 69.4. The molecule has 3 amide bonds. The first-order valence-electron chi connectivity index (χ1n) is 21.1. The van der Waals surface area contributed by atoms with E-state index in [1.165, 1.54) is 7.11 Å². The Balaban J connectivity index is 0.868. The van der Waals surface area contributed by atoms with Crippen LogP contribution in [0.5, 0.6) is 0 Å². The highest BCUT2D eigenvalue weighted by Crippen LogP contribution is 2.36. The molecule has 62 heavy (non-hydrogen) atoms. The maximum absolute atomic E-state index is 14.1. The lowest BCUT2D eigenvalue weighted by atomic mass is 10.0. The molecule has 0 aliphatic carbocycles. The van der Waals surface area contributed by atoms with Gasteiger partial charge >= 0.3 is 6.09 Å². The fourth-order valence-electron chi connectivity index (χ4n) is 8.65.